The molecule has 0 heterocycles. The first-order valence-electron chi connectivity index (χ1n) is 9.47. The Balaban J connectivity index is 1.59. The highest BCUT2D eigenvalue weighted by atomic mass is 32.2. The number of benzene rings is 3. The fourth-order valence-corrected chi connectivity index (χ4v) is 3.97. The van der Waals surface area contributed by atoms with Crippen LogP contribution in [0, 0.1) is 12.7 Å². The van der Waals surface area contributed by atoms with Gasteiger partial charge in [0.2, 0.25) is 15.9 Å². The molecule has 0 spiro atoms. The van der Waals surface area contributed by atoms with E-state index in [1.165, 1.54) is 30.3 Å². The lowest BCUT2D eigenvalue weighted by molar-refractivity contribution is -0.120. The van der Waals surface area contributed by atoms with E-state index in [1.54, 1.807) is 18.2 Å². The topological polar surface area (TPSA) is 75.3 Å². The molecule has 0 bridgehead atoms. The summed E-state index contributed by atoms with van der Waals surface area (Å²) >= 11 is 0. The van der Waals surface area contributed by atoms with Crippen molar-refractivity contribution in [2.24, 2.45) is 0 Å². The number of amides is 1. The lowest BCUT2D eigenvalue weighted by atomic mass is 10.1. The Bertz CT molecular complexity index is 1130. The minimum atomic E-state index is -3.77. The Morgan fingerprint density at radius 3 is 2.23 bits per heavy atom. The van der Waals surface area contributed by atoms with Crippen molar-refractivity contribution in [1.29, 1.82) is 0 Å². The van der Waals surface area contributed by atoms with Gasteiger partial charge in [0.15, 0.2) is 0 Å². The molecule has 0 aromatic heterocycles. The second kappa shape index (κ2) is 9.65. The molecule has 0 aliphatic carbocycles. The molecule has 0 aliphatic heterocycles. The van der Waals surface area contributed by atoms with Gasteiger partial charge in [0, 0.05) is 13.1 Å². The number of sulfonamides is 1. The Hall–Kier alpha value is -3.03. The molecule has 0 radical (unpaired) electrons. The molecule has 0 unspecified atom stereocenters. The molecule has 1 amide bonds. The van der Waals surface area contributed by atoms with Gasteiger partial charge in [-0.05, 0) is 47.9 Å². The van der Waals surface area contributed by atoms with E-state index in [2.05, 4.69) is 10.0 Å². The molecule has 0 fully saturated rings. The van der Waals surface area contributed by atoms with Gasteiger partial charge in [-0.3, -0.25) is 4.79 Å². The predicted molar refractivity (Wildman–Crippen MR) is 114 cm³/mol. The number of carbonyl (C=O) groups is 1. The van der Waals surface area contributed by atoms with Crippen LogP contribution in [0.5, 0.6) is 0 Å². The summed E-state index contributed by atoms with van der Waals surface area (Å²) in [5.74, 6) is -0.564. The Labute approximate surface area is 176 Å². The van der Waals surface area contributed by atoms with Gasteiger partial charge in [0.05, 0.1) is 11.3 Å². The van der Waals surface area contributed by atoms with Crippen molar-refractivity contribution in [2.45, 2.75) is 31.3 Å². The standard InChI is InChI=1S/C23H23FN2O3S/c1-17-8-10-18(11-9-17)14-23(27)25-15-20-5-3-7-22(13-20)30(28,29)26-16-19-4-2-6-21(24)12-19/h2-13,26H,14-16H2,1H3,(H,25,27). The lowest BCUT2D eigenvalue weighted by Crippen LogP contribution is -2.25. The summed E-state index contributed by atoms with van der Waals surface area (Å²) in [6.07, 6.45) is 0.257. The second-order valence-corrected chi connectivity index (χ2v) is 8.81. The fourth-order valence-electron chi connectivity index (χ4n) is 2.89. The molecule has 0 saturated carbocycles. The molecule has 7 heteroatoms. The number of aryl methyl sites for hydroxylation is 1. The van der Waals surface area contributed by atoms with E-state index in [0.29, 0.717) is 11.1 Å². The van der Waals surface area contributed by atoms with Crippen LogP contribution in [0.25, 0.3) is 0 Å². The quantitative estimate of drug-likeness (QED) is 0.579. The van der Waals surface area contributed by atoms with Crippen molar-refractivity contribution < 1.29 is 17.6 Å². The molecule has 0 aliphatic rings. The summed E-state index contributed by atoms with van der Waals surface area (Å²) in [5.41, 5.74) is 3.23. The number of hydrogen-bond acceptors (Lipinski definition) is 3. The zero-order valence-electron chi connectivity index (χ0n) is 16.6. The largest absolute Gasteiger partial charge is 0.352 e. The third kappa shape index (κ3) is 6.23. The summed E-state index contributed by atoms with van der Waals surface area (Å²) in [7, 11) is -3.77. The van der Waals surface area contributed by atoms with Crippen molar-refractivity contribution in [3.05, 3.63) is 101 Å². The summed E-state index contributed by atoms with van der Waals surface area (Å²) in [5, 5.41) is 2.81. The van der Waals surface area contributed by atoms with E-state index in [-0.39, 0.29) is 30.3 Å². The van der Waals surface area contributed by atoms with Crippen molar-refractivity contribution in [2.75, 3.05) is 0 Å². The summed E-state index contributed by atoms with van der Waals surface area (Å²) in [6.45, 7) is 2.19. The number of halogens is 1. The van der Waals surface area contributed by atoms with Gasteiger partial charge < -0.3 is 5.32 Å². The Morgan fingerprint density at radius 2 is 1.53 bits per heavy atom. The highest BCUT2D eigenvalue weighted by molar-refractivity contribution is 7.89. The zero-order chi connectivity index (χ0) is 21.6. The lowest BCUT2D eigenvalue weighted by Gasteiger charge is -2.10. The molecule has 3 aromatic carbocycles. The summed E-state index contributed by atoms with van der Waals surface area (Å²) in [4.78, 5) is 12.3. The maximum Gasteiger partial charge on any atom is 0.240 e. The SMILES string of the molecule is Cc1ccc(CC(=O)NCc2cccc(S(=O)(=O)NCc3cccc(F)c3)c2)cc1. The van der Waals surface area contributed by atoms with Gasteiger partial charge in [0.25, 0.3) is 0 Å². The average molecular weight is 427 g/mol. The summed E-state index contributed by atoms with van der Waals surface area (Å²) < 4.78 is 40.8. The molecular formula is C23H23FN2O3S. The maximum absolute atomic E-state index is 13.3. The first kappa shape index (κ1) is 21.7. The van der Waals surface area contributed by atoms with Gasteiger partial charge in [-0.2, -0.15) is 0 Å². The third-order valence-corrected chi connectivity index (χ3v) is 5.94. The molecule has 3 rings (SSSR count). The van der Waals surface area contributed by atoms with Gasteiger partial charge in [0.1, 0.15) is 5.82 Å². The molecule has 156 valence electrons. The number of rotatable bonds is 8. The van der Waals surface area contributed by atoms with Crippen molar-refractivity contribution in [1.82, 2.24) is 10.0 Å². The highest BCUT2D eigenvalue weighted by Crippen LogP contribution is 2.13. The molecule has 30 heavy (non-hydrogen) atoms. The monoisotopic (exact) mass is 426 g/mol. The van der Waals surface area contributed by atoms with Crippen LogP contribution in [0.4, 0.5) is 4.39 Å². The van der Waals surface area contributed by atoms with Crippen molar-refractivity contribution in [3.8, 4) is 0 Å². The Kier molecular flexibility index (Phi) is 6.97. The van der Waals surface area contributed by atoms with Crippen LogP contribution in [-0.2, 0) is 34.3 Å². The second-order valence-electron chi connectivity index (χ2n) is 7.04. The first-order valence-corrected chi connectivity index (χ1v) is 11.0. The van der Waals surface area contributed by atoms with Crippen LogP contribution < -0.4 is 10.0 Å². The molecular weight excluding hydrogens is 403 g/mol. The van der Waals surface area contributed by atoms with Crippen LogP contribution in [0.2, 0.25) is 0 Å². The third-order valence-electron chi connectivity index (χ3n) is 4.54. The first-order chi connectivity index (χ1) is 14.3. The van der Waals surface area contributed by atoms with E-state index in [4.69, 9.17) is 0 Å². The Morgan fingerprint density at radius 1 is 0.867 bits per heavy atom. The van der Waals surface area contributed by atoms with Crippen LogP contribution in [0.15, 0.2) is 77.7 Å². The van der Waals surface area contributed by atoms with Crippen molar-refractivity contribution in [3.63, 3.8) is 0 Å². The maximum atomic E-state index is 13.3. The van der Waals surface area contributed by atoms with Gasteiger partial charge in [-0.1, -0.05) is 54.1 Å². The summed E-state index contributed by atoms with van der Waals surface area (Å²) in [6, 6.07) is 19.8. The predicted octanol–water partition coefficient (Wildman–Crippen LogP) is 3.47. The van der Waals surface area contributed by atoms with Crippen LogP contribution in [-0.4, -0.2) is 14.3 Å². The van der Waals surface area contributed by atoms with Gasteiger partial charge in [-0.25, -0.2) is 17.5 Å². The van der Waals surface area contributed by atoms with Crippen LogP contribution >= 0.6 is 0 Å². The van der Waals surface area contributed by atoms with E-state index in [9.17, 15) is 17.6 Å². The number of carbonyl (C=O) groups excluding carboxylic acids is 1. The minimum Gasteiger partial charge on any atom is -0.352 e. The molecule has 5 nitrogen and oxygen atoms in total. The minimum absolute atomic E-state index is 0.0163. The van der Waals surface area contributed by atoms with E-state index in [0.717, 1.165) is 11.1 Å². The van der Waals surface area contributed by atoms with Gasteiger partial charge >= 0.3 is 0 Å². The van der Waals surface area contributed by atoms with Crippen LogP contribution in [0.1, 0.15) is 22.3 Å². The average Bonchev–Trinajstić information content (AvgIpc) is 2.73. The molecule has 2 N–H and O–H groups in total. The number of nitrogens with one attached hydrogen (secondary N) is 2. The zero-order valence-corrected chi connectivity index (χ0v) is 17.4. The van der Waals surface area contributed by atoms with E-state index >= 15 is 0 Å². The highest BCUT2D eigenvalue weighted by Gasteiger charge is 2.14. The van der Waals surface area contributed by atoms with E-state index < -0.39 is 15.8 Å². The normalized spacial score (nSPS) is 11.3. The number of hydrogen-bond donors (Lipinski definition) is 2. The molecule has 0 saturated heterocycles. The van der Waals surface area contributed by atoms with Gasteiger partial charge in [-0.15, -0.1) is 0 Å². The van der Waals surface area contributed by atoms with E-state index in [1.807, 2.05) is 31.2 Å². The molecule has 0 atom stereocenters. The fraction of sp³-hybridized carbons (Fsp3) is 0.174. The van der Waals surface area contributed by atoms with Crippen LogP contribution in [0.3, 0.4) is 0 Å². The smallest absolute Gasteiger partial charge is 0.240 e. The molecule has 3 aromatic rings. The van der Waals surface area contributed by atoms with Crippen molar-refractivity contribution >= 4 is 15.9 Å².